The van der Waals surface area contributed by atoms with Gasteiger partial charge in [-0.05, 0) is 37.3 Å². The molecule has 2 atom stereocenters. The maximum atomic E-state index is 11.8. The van der Waals surface area contributed by atoms with Crippen LogP contribution in [0.1, 0.15) is 36.5 Å². The molecule has 0 saturated heterocycles. The van der Waals surface area contributed by atoms with E-state index >= 15 is 0 Å². The van der Waals surface area contributed by atoms with Gasteiger partial charge in [0.05, 0.1) is 5.92 Å². The molecule has 19 heavy (non-hydrogen) atoms. The molecule has 0 spiro atoms. The zero-order chi connectivity index (χ0) is 13.8. The summed E-state index contributed by atoms with van der Waals surface area (Å²) in [6.45, 7) is 1.98. The Morgan fingerprint density at radius 2 is 1.95 bits per heavy atom. The van der Waals surface area contributed by atoms with Gasteiger partial charge in [0.15, 0.2) is 12.4 Å². The van der Waals surface area contributed by atoms with Crippen LogP contribution >= 0.6 is 15.9 Å². The topological polar surface area (TPSA) is 43.4 Å². The predicted molar refractivity (Wildman–Crippen MR) is 75.9 cm³/mol. The molecule has 0 aromatic heterocycles. The van der Waals surface area contributed by atoms with E-state index in [1.165, 1.54) is 0 Å². The van der Waals surface area contributed by atoms with E-state index in [0.29, 0.717) is 11.5 Å². The standard InChI is InChI=1S/C15H17BrO3/c1-10-2-3-12(8-10)15(18)19-9-14(17)11-4-6-13(16)7-5-11/h4-7,10,12H,2-3,8-9H2,1H3/t10-,12?/m1/s1. The minimum absolute atomic E-state index is 0.0206. The summed E-state index contributed by atoms with van der Waals surface area (Å²) in [4.78, 5) is 23.6. The predicted octanol–water partition coefficient (Wildman–Crippen LogP) is 3.61. The lowest BCUT2D eigenvalue weighted by molar-refractivity contribution is -0.147. The third kappa shape index (κ3) is 3.90. The van der Waals surface area contributed by atoms with Crippen molar-refractivity contribution in [1.29, 1.82) is 0 Å². The third-order valence-corrected chi connectivity index (χ3v) is 4.07. The number of hydrogen-bond donors (Lipinski definition) is 0. The Kier molecular flexibility index (Phi) is 4.75. The number of ether oxygens (including phenoxy) is 1. The van der Waals surface area contributed by atoms with Crippen molar-refractivity contribution in [2.75, 3.05) is 6.61 Å². The SMILES string of the molecule is C[C@@H]1CCC(C(=O)OCC(=O)c2ccc(Br)cc2)C1. The molecule has 1 aliphatic carbocycles. The summed E-state index contributed by atoms with van der Waals surface area (Å²) < 4.78 is 6.04. The molecular formula is C15H17BrO3. The van der Waals surface area contributed by atoms with E-state index in [0.717, 1.165) is 23.7 Å². The Morgan fingerprint density at radius 3 is 2.53 bits per heavy atom. The van der Waals surface area contributed by atoms with Gasteiger partial charge >= 0.3 is 5.97 Å². The van der Waals surface area contributed by atoms with Crippen molar-refractivity contribution in [2.24, 2.45) is 11.8 Å². The Hall–Kier alpha value is -1.16. The Labute approximate surface area is 121 Å². The Balaban J connectivity index is 1.83. The summed E-state index contributed by atoms with van der Waals surface area (Å²) in [7, 11) is 0. The Bertz CT molecular complexity index is 467. The van der Waals surface area contributed by atoms with E-state index < -0.39 is 0 Å². The lowest BCUT2D eigenvalue weighted by Crippen LogP contribution is -2.19. The fourth-order valence-electron chi connectivity index (χ4n) is 2.39. The average molecular weight is 325 g/mol. The van der Waals surface area contributed by atoms with Crippen LogP contribution in [0.15, 0.2) is 28.7 Å². The van der Waals surface area contributed by atoms with E-state index in [1.54, 1.807) is 24.3 Å². The van der Waals surface area contributed by atoms with E-state index in [-0.39, 0.29) is 24.3 Å². The number of hydrogen-bond acceptors (Lipinski definition) is 3. The van der Waals surface area contributed by atoms with Gasteiger partial charge in [-0.25, -0.2) is 0 Å². The summed E-state index contributed by atoms with van der Waals surface area (Å²) >= 11 is 3.31. The van der Waals surface area contributed by atoms with Gasteiger partial charge in [0.25, 0.3) is 0 Å². The molecule has 0 aliphatic heterocycles. The third-order valence-electron chi connectivity index (χ3n) is 3.54. The maximum Gasteiger partial charge on any atom is 0.309 e. The zero-order valence-corrected chi connectivity index (χ0v) is 12.5. The maximum absolute atomic E-state index is 11.8. The van der Waals surface area contributed by atoms with Crippen molar-refractivity contribution < 1.29 is 14.3 Å². The molecule has 1 aromatic rings. The number of esters is 1. The molecule has 0 bridgehead atoms. The van der Waals surface area contributed by atoms with Gasteiger partial charge in [0.2, 0.25) is 0 Å². The number of ketones is 1. The van der Waals surface area contributed by atoms with E-state index in [4.69, 9.17) is 4.74 Å². The largest absolute Gasteiger partial charge is 0.457 e. The van der Waals surface area contributed by atoms with Crippen LogP contribution in [-0.2, 0) is 9.53 Å². The second kappa shape index (κ2) is 6.33. The minimum Gasteiger partial charge on any atom is -0.457 e. The minimum atomic E-state index is -0.227. The van der Waals surface area contributed by atoms with Crippen molar-refractivity contribution in [3.05, 3.63) is 34.3 Å². The van der Waals surface area contributed by atoms with Crippen LogP contribution in [-0.4, -0.2) is 18.4 Å². The fourth-order valence-corrected chi connectivity index (χ4v) is 2.66. The van der Waals surface area contributed by atoms with Crippen LogP contribution in [0, 0.1) is 11.8 Å². The van der Waals surface area contributed by atoms with Crippen molar-refractivity contribution in [2.45, 2.75) is 26.2 Å². The highest BCUT2D eigenvalue weighted by atomic mass is 79.9. The molecule has 0 N–H and O–H groups in total. The number of benzene rings is 1. The van der Waals surface area contributed by atoms with Crippen molar-refractivity contribution in [3.8, 4) is 0 Å². The zero-order valence-electron chi connectivity index (χ0n) is 10.9. The fraction of sp³-hybridized carbons (Fsp3) is 0.467. The van der Waals surface area contributed by atoms with Gasteiger partial charge in [-0.2, -0.15) is 0 Å². The summed E-state index contributed by atoms with van der Waals surface area (Å²) in [6.07, 6.45) is 2.83. The Morgan fingerprint density at radius 1 is 1.26 bits per heavy atom. The molecule has 0 radical (unpaired) electrons. The summed E-state index contributed by atoms with van der Waals surface area (Å²) in [5, 5.41) is 0. The molecule has 1 fully saturated rings. The number of carbonyl (C=O) groups excluding carboxylic acids is 2. The molecule has 1 aliphatic rings. The number of carbonyl (C=O) groups is 2. The van der Waals surface area contributed by atoms with Crippen LogP contribution in [0.25, 0.3) is 0 Å². The second-order valence-electron chi connectivity index (χ2n) is 5.15. The summed E-state index contributed by atoms with van der Waals surface area (Å²) in [5.74, 6) is 0.175. The lowest BCUT2D eigenvalue weighted by Gasteiger charge is -2.09. The monoisotopic (exact) mass is 324 g/mol. The van der Waals surface area contributed by atoms with E-state index in [2.05, 4.69) is 22.9 Å². The first kappa shape index (κ1) is 14.3. The van der Waals surface area contributed by atoms with Crippen LogP contribution in [0.3, 0.4) is 0 Å². The number of halogens is 1. The summed E-state index contributed by atoms with van der Waals surface area (Å²) in [6, 6.07) is 7.04. The van der Waals surface area contributed by atoms with Gasteiger partial charge < -0.3 is 4.74 Å². The van der Waals surface area contributed by atoms with Crippen LogP contribution in [0.4, 0.5) is 0 Å². The molecule has 3 nitrogen and oxygen atoms in total. The summed E-state index contributed by atoms with van der Waals surface area (Å²) in [5.41, 5.74) is 0.566. The van der Waals surface area contributed by atoms with Crippen molar-refractivity contribution in [1.82, 2.24) is 0 Å². The molecule has 1 unspecified atom stereocenters. The normalized spacial score (nSPS) is 22.2. The second-order valence-corrected chi connectivity index (χ2v) is 6.07. The van der Waals surface area contributed by atoms with Gasteiger partial charge in [-0.15, -0.1) is 0 Å². The number of rotatable bonds is 4. The molecule has 1 saturated carbocycles. The highest BCUT2D eigenvalue weighted by Crippen LogP contribution is 2.31. The van der Waals surface area contributed by atoms with Crippen LogP contribution in [0.5, 0.6) is 0 Å². The van der Waals surface area contributed by atoms with Crippen molar-refractivity contribution >= 4 is 27.7 Å². The highest BCUT2D eigenvalue weighted by Gasteiger charge is 2.28. The van der Waals surface area contributed by atoms with Crippen LogP contribution < -0.4 is 0 Å². The first-order valence-electron chi connectivity index (χ1n) is 6.51. The first-order chi connectivity index (χ1) is 9.06. The lowest BCUT2D eigenvalue weighted by atomic mass is 10.1. The van der Waals surface area contributed by atoms with E-state index in [1.807, 2.05) is 0 Å². The number of Topliss-reactive ketones (excluding diaryl/α,β-unsaturated/α-hetero) is 1. The van der Waals surface area contributed by atoms with Gasteiger partial charge in [0, 0.05) is 10.0 Å². The van der Waals surface area contributed by atoms with Crippen molar-refractivity contribution in [3.63, 3.8) is 0 Å². The molecule has 0 heterocycles. The average Bonchev–Trinajstić information content (AvgIpc) is 2.83. The van der Waals surface area contributed by atoms with E-state index in [9.17, 15) is 9.59 Å². The van der Waals surface area contributed by atoms with Crippen LogP contribution in [0.2, 0.25) is 0 Å². The highest BCUT2D eigenvalue weighted by molar-refractivity contribution is 9.10. The first-order valence-corrected chi connectivity index (χ1v) is 7.31. The molecule has 4 heteroatoms. The molecular weight excluding hydrogens is 308 g/mol. The molecule has 102 valence electrons. The van der Waals surface area contributed by atoms with Gasteiger partial charge in [-0.1, -0.05) is 35.0 Å². The molecule has 2 rings (SSSR count). The molecule has 0 amide bonds. The molecule has 1 aromatic carbocycles. The van der Waals surface area contributed by atoms with Gasteiger partial charge in [0.1, 0.15) is 0 Å². The quantitative estimate of drug-likeness (QED) is 0.627. The van der Waals surface area contributed by atoms with Gasteiger partial charge in [-0.3, -0.25) is 9.59 Å². The smallest absolute Gasteiger partial charge is 0.309 e.